The van der Waals surface area contributed by atoms with E-state index in [1.807, 2.05) is 0 Å². The molecule has 0 bridgehead atoms. The van der Waals surface area contributed by atoms with Gasteiger partial charge in [-0.05, 0) is 125 Å². The van der Waals surface area contributed by atoms with Gasteiger partial charge in [-0.25, -0.2) is 0 Å². The summed E-state index contributed by atoms with van der Waals surface area (Å²) in [5, 5.41) is 4.38. The molecule has 0 aliphatic heterocycles. The molecule has 7 heteroatoms. The van der Waals surface area contributed by atoms with Gasteiger partial charge >= 0.3 is 14.8 Å². The van der Waals surface area contributed by atoms with Crippen molar-refractivity contribution >= 4 is 30.1 Å². The minimum Gasteiger partial charge on any atom is -0.409 e. The second kappa shape index (κ2) is 15.1. The number of benzene rings is 5. The first-order chi connectivity index (χ1) is 26.1. The Labute approximate surface area is 348 Å². The molecule has 0 fully saturated rings. The Morgan fingerprint density at radius 3 is 1.00 bits per heavy atom. The molecule has 5 rings (SSSR count). The lowest BCUT2D eigenvalue weighted by Crippen LogP contribution is -2.19. The summed E-state index contributed by atoms with van der Waals surface area (Å²) in [5.74, 6) is 1.43. The van der Waals surface area contributed by atoms with Crippen LogP contribution < -0.4 is 13.6 Å². The van der Waals surface area contributed by atoms with Gasteiger partial charge in [0.2, 0.25) is 0 Å². The number of halogens is 3. The Morgan fingerprint density at radius 1 is 0.362 bits per heavy atom. The molecule has 0 saturated heterocycles. The van der Waals surface area contributed by atoms with Crippen LogP contribution in [0.15, 0.2) is 72.8 Å². The smallest absolute Gasteiger partial charge is 0.409 e. The summed E-state index contributed by atoms with van der Waals surface area (Å²) >= 11 is 0. The van der Waals surface area contributed by atoms with Crippen molar-refractivity contribution in [3.63, 3.8) is 0 Å². The van der Waals surface area contributed by atoms with E-state index in [9.17, 15) is 13.2 Å². The summed E-state index contributed by atoms with van der Waals surface area (Å²) in [6.45, 7) is 39.7. The summed E-state index contributed by atoms with van der Waals surface area (Å²) in [7, 11) is -2.27. The van der Waals surface area contributed by atoms with Crippen molar-refractivity contribution in [1.82, 2.24) is 0 Å². The van der Waals surface area contributed by atoms with E-state index >= 15 is 0 Å². The van der Waals surface area contributed by atoms with Gasteiger partial charge in [0.05, 0.1) is 5.56 Å². The molecular formula is C51H66F3O3P. The Kier molecular flexibility index (Phi) is 11.8. The highest BCUT2D eigenvalue weighted by atomic mass is 31.2. The quantitative estimate of drug-likeness (QED) is 0.160. The molecule has 3 nitrogen and oxygen atoms in total. The van der Waals surface area contributed by atoms with Crippen LogP contribution in [-0.2, 0) is 38.7 Å². The maximum absolute atomic E-state index is 13.7. The maximum atomic E-state index is 13.7. The standard InChI is InChI=1S/C51H66F3O3P/c1-45(2,3)34-23-31-25-41(49(13,14)15)43(29-37(31)39(27-34)47(7,8)9)56-58(55-36-21-19-33(20-22-36)51(52,53)54)57-44-30-38-32(26-42(44)50(16,17)18)24-35(46(4,5)6)28-40(38)48(10,11)12/h19-30H,1-18H3. The molecule has 0 heterocycles. The van der Waals surface area contributed by atoms with Crippen molar-refractivity contribution in [2.24, 2.45) is 0 Å². The summed E-state index contributed by atoms with van der Waals surface area (Å²) in [6.07, 6.45) is -4.48. The van der Waals surface area contributed by atoms with Crippen LogP contribution in [0.3, 0.4) is 0 Å². The number of rotatable bonds is 6. The van der Waals surface area contributed by atoms with Gasteiger partial charge in [-0.3, -0.25) is 0 Å². The predicted octanol–water partition coefficient (Wildman–Crippen LogP) is 16.6. The van der Waals surface area contributed by atoms with Crippen molar-refractivity contribution in [1.29, 1.82) is 0 Å². The molecule has 0 radical (unpaired) electrons. The fourth-order valence-corrected chi connectivity index (χ4v) is 8.25. The molecule has 0 aromatic heterocycles. The Balaban J connectivity index is 1.78. The molecule has 5 aromatic carbocycles. The Morgan fingerprint density at radius 2 is 0.707 bits per heavy atom. The van der Waals surface area contributed by atoms with Crippen LogP contribution >= 0.6 is 8.60 Å². The number of alkyl halides is 3. The number of hydrogen-bond acceptors (Lipinski definition) is 3. The van der Waals surface area contributed by atoms with E-state index in [4.69, 9.17) is 13.6 Å². The highest BCUT2D eigenvalue weighted by Crippen LogP contribution is 2.51. The lowest BCUT2D eigenvalue weighted by Gasteiger charge is -2.31. The van der Waals surface area contributed by atoms with Crippen LogP contribution in [0.25, 0.3) is 21.5 Å². The molecule has 0 aliphatic rings. The summed E-state index contributed by atoms with van der Waals surface area (Å²) in [5.41, 5.74) is 4.92. The Bertz CT molecular complexity index is 2160. The second-order valence-electron chi connectivity index (χ2n) is 22.2. The average Bonchev–Trinajstić information content (AvgIpc) is 3.03. The molecule has 5 aromatic rings. The van der Waals surface area contributed by atoms with E-state index in [2.05, 4.69) is 173 Å². The van der Waals surface area contributed by atoms with Crippen molar-refractivity contribution in [2.75, 3.05) is 0 Å². The molecule has 0 unspecified atom stereocenters. The molecule has 58 heavy (non-hydrogen) atoms. The summed E-state index contributed by atoms with van der Waals surface area (Å²) < 4.78 is 61.5. The lowest BCUT2D eigenvalue weighted by molar-refractivity contribution is -0.137. The van der Waals surface area contributed by atoms with Crippen LogP contribution in [0, 0.1) is 0 Å². The topological polar surface area (TPSA) is 27.7 Å². The second-order valence-corrected chi connectivity index (χ2v) is 23.2. The van der Waals surface area contributed by atoms with Gasteiger partial charge < -0.3 is 13.6 Å². The fraction of sp³-hybridized carbons (Fsp3) is 0.490. The van der Waals surface area contributed by atoms with Crippen molar-refractivity contribution in [3.05, 3.63) is 112 Å². The highest BCUT2D eigenvalue weighted by molar-refractivity contribution is 7.43. The van der Waals surface area contributed by atoms with Gasteiger partial charge in [0.15, 0.2) is 0 Å². The Hall–Kier alpha value is -3.76. The third-order valence-electron chi connectivity index (χ3n) is 10.8. The van der Waals surface area contributed by atoms with Crippen molar-refractivity contribution < 1.29 is 26.7 Å². The van der Waals surface area contributed by atoms with Gasteiger partial charge in [-0.2, -0.15) is 13.2 Å². The minimum absolute atomic E-state index is 0.0608. The summed E-state index contributed by atoms with van der Waals surface area (Å²) in [6, 6.07) is 22.6. The zero-order valence-electron chi connectivity index (χ0n) is 38.2. The lowest BCUT2D eigenvalue weighted by atomic mass is 9.76. The number of fused-ring (bicyclic) bond motifs is 2. The maximum Gasteiger partial charge on any atom is 0.530 e. The van der Waals surface area contributed by atoms with E-state index in [-0.39, 0.29) is 38.2 Å². The zero-order chi connectivity index (χ0) is 43.8. The molecule has 314 valence electrons. The molecule has 0 amide bonds. The monoisotopic (exact) mass is 814 g/mol. The molecule has 0 spiro atoms. The van der Waals surface area contributed by atoms with Crippen LogP contribution in [0.4, 0.5) is 13.2 Å². The average molecular weight is 815 g/mol. The van der Waals surface area contributed by atoms with E-state index < -0.39 is 20.3 Å². The summed E-state index contributed by atoms with van der Waals surface area (Å²) in [4.78, 5) is 0. The first-order valence-corrected chi connectivity index (χ1v) is 21.5. The minimum atomic E-state index is -4.48. The molecule has 0 atom stereocenters. The first-order valence-electron chi connectivity index (χ1n) is 20.4. The van der Waals surface area contributed by atoms with Crippen LogP contribution in [0.2, 0.25) is 0 Å². The molecular weight excluding hydrogens is 749 g/mol. The van der Waals surface area contributed by atoms with E-state index in [0.29, 0.717) is 11.5 Å². The molecule has 0 saturated carbocycles. The van der Waals surface area contributed by atoms with E-state index in [1.165, 1.54) is 34.4 Å². The predicted molar refractivity (Wildman–Crippen MR) is 240 cm³/mol. The third kappa shape index (κ3) is 10.2. The highest BCUT2D eigenvalue weighted by Gasteiger charge is 2.34. The fourth-order valence-electron chi connectivity index (χ4n) is 7.22. The van der Waals surface area contributed by atoms with Crippen LogP contribution in [0.1, 0.15) is 164 Å². The van der Waals surface area contributed by atoms with Gasteiger partial charge in [0.25, 0.3) is 0 Å². The number of hydrogen-bond donors (Lipinski definition) is 0. The van der Waals surface area contributed by atoms with E-state index in [1.54, 1.807) is 0 Å². The van der Waals surface area contributed by atoms with Crippen molar-refractivity contribution in [2.45, 2.75) is 163 Å². The normalized spacial score (nSPS) is 13.8. The largest absolute Gasteiger partial charge is 0.530 e. The van der Waals surface area contributed by atoms with Gasteiger partial charge in [0, 0.05) is 11.1 Å². The van der Waals surface area contributed by atoms with E-state index in [0.717, 1.165) is 44.8 Å². The first kappa shape index (κ1) is 45.3. The van der Waals surface area contributed by atoms with Crippen LogP contribution in [0.5, 0.6) is 17.2 Å². The molecule has 0 N–H and O–H groups in total. The van der Waals surface area contributed by atoms with Gasteiger partial charge in [0.1, 0.15) is 17.2 Å². The van der Waals surface area contributed by atoms with Crippen LogP contribution in [-0.4, -0.2) is 0 Å². The molecule has 0 aliphatic carbocycles. The third-order valence-corrected chi connectivity index (χ3v) is 11.8. The van der Waals surface area contributed by atoms with Crippen molar-refractivity contribution in [3.8, 4) is 17.2 Å². The van der Waals surface area contributed by atoms with Gasteiger partial charge in [-0.1, -0.05) is 149 Å². The SMILES string of the molecule is CC(C)(C)c1cc(C(C)(C)C)c2cc(OP(Oc3ccc(C(F)(F)F)cc3)Oc3cc4c(C(C)(C)C)cc(C(C)(C)C)cc4cc3C(C)(C)C)c(C(C)(C)C)cc2c1. The van der Waals surface area contributed by atoms with Gasteiger partial charge in [-0.15, -0.1) is 0 Å². The zero-order valence-corrected chi connectivity index (χ0v) is 39.1.